The van der Waals surface area contributed by atoms with Crippen LogP contribution < -0.4 is 0 Å². The van der Waals surface area contributed by atoms with Gasteiger partial charge >= 0.3 is 0 Å². The highest BCUT2D eigenvalue weighted by molar-refractivity contribution is 9.10. The van der Waals surface area contributed by atoms with Crippen LogP contribution in [0.5, 0.6) is 0 Å². The second kappa shape index (κ2) is 4.71. The molecule has 92 valence electrons. The molecule has 0 aromatic heterocycles. The van der Waals surface area contributed by atoms with E-state index in [-0.39, 0.29) is 5.78 Å². The fraction of sp³-hybridized carbons (Fsp3) is 0.267. The van der Waals surface area contributed by atoms with Gasteiger partial charge in [0.05, 0.1) is 0 Å². The van der Waals surface area contributed by atoms with E-state index in [1.807, 2.05) is 24.8 Å². The zero-order chi connectivity index (χ0) is 12.7. The number of halogens is 1. The van der Waals surface area contributed by atoms with Crippen molar-refractivity contribution in [3.05, 3.63) is 52.0 Å². The molecule has 0 fully saturated rings. The van der Waals surface area contributed by atoms with Gasteiger partial charge in [-0.3, -0.25) is 4.79 Å². The molecule has 0 N–H and O–H groups in total. The Balaban J connectivity index is 2.01. The quantitative estimate of drug-likeness (QED) is 0.799. The van der Waals surface area contributed by atoms with Crippen molar-refractivity contribution >= 4 is 33.5 Å². The Hall–Kier alpha value is -0.800. The van der Waals surface area contributed by atoms with Crippen LogP contribution >= 0.6 is 27.7 Å². The Kier molecular flexibility index (Phi) is 3.20. The van der Waals surface area contributed by atoms with Crippen LogP contribution in [-0.2, 0) is 4.79 Å². The number of carbonyl (C=O) groups excluding carboxylic acids is 1. The maximum atomic E-state index is 11.8. The molecule has 1 heterocycles. The van der Waals surface area contributed by atoms with E-state index in [1.54, 1.807) is 0 Å². The lowest BCUT2D eigenvalue weighted by atomic mass is 9.88. The molecule has 0 saturated carbocycles. The fourth-order valence-electron chi connectivity index (χ4n) is 2.47. The Morgan fingerprint density at radius 3 is 3.06 bits per heavy atom. The second-order valence-electron chi connectivity index (χ2n) is 4.55. The van der Waals surface area contributed by atoms with Crippen LogP contribution in [0, 0.1) is 0 Å². The minimum Gasteiger partial charge on any atom is -0.294 e. The van der Waals surface area contributed by atoms with Gasteiger partial charge in [0, 0.05) is 32.5 Å². The first-order chi connectivity index (χ1) is 8.69. The monoisotopic (exact) mass is 320 g/mol. The molecule has 1 aromatic carbocycles. The molecule has 0 unspecified atom stereocenters. The molecule has 0 saturated heterocycles. The number of benzene rings is 1. The highest BCUT2D eigenvalue weighted by Crippen LogP contribution is 2.49. The molecular formula is C15H13BrOS. The lowest BCUT2D eigenvalue weighted by molar-refractivity contribution is -0.115. The van der Waals surface area contributed by atoms with E-state index in [0.29, 0.717) is 17.6 Å². The highest BCUT2D eigenvalue weighted by atomic mass is 79.9. The Labute approximate surface area is 119 Å². The molecule has 1 aliphatic heterocycles. The maximum Gasteiger partial charge on any atom is 0.162 e. The summed E-state index contributed by atoms with van der Waals surface area (Å²) in [7, 11) is 0. The zero-order valence-electron chi connectivity index (χ0n) is 10.0. The molecule has 3 rings (SSSR count). The smallest absolute Gasteiger partial charge is 0.162 e. The number of Topliss-reactive ketones (excluding diaryl/α,β-unsaturated/α-hetero) is 1. The van der Waals surface area contributed by atoms with Gasteiger partial charge in [0.25, 0.3) is 0 Å². The molecule has 1 aromatic rings. The summed E-state index contributed by atoms with van der Waals surface area (Å²) in [5.41, 5.74) is 2.21. The summed E-state index contributed by atoms with van der Waals surface area (Å²) in [6.45, 7) is 1.91. The van der Waals surface area contributed by atoms with Crippen molar-refractivity contribution < 1.29 is 4.79 Å². The molecule has 18 heavy (non-hydrogen) atoms. The van der Waals surface area contributed by atoms with Gasteiger partial charge < -0.3 is 0 Å². The van der Waals surface area contributed by atoms with E-state index in [9.17, 15) is 4.79 Å². The van der Waals surface area contributed by atoms with E-state index >= 15 is 0 Å². The first-order valence-electron chi connectivity index (χ1n) is 6.08. The Morgan fingerprint density at radius 1 is 1.44 bits per heavy atom. The SMILES string of the molecule is CCC(=O)C1=C[C@H]2c3cc(Br)ccc3S[C@H]2C=C1. The zero-order valence-corrected chi connectivity index (χ0v) is 12.4. The van der Waals surface area contributed by atoms with Gasteiger partial charge in [-0.1, -0.05) is 41.1 Å². The summed E-state index contributed by atoms with van der Waals surface area (Å²) >= 11 is 5.41. The number of fused-ring (bicyclic) bond motifs is 3. The third kappa shape index (κ3) is 1.99. The molecule has 2 aliphatic rings. The molecular weight excluding hydrogens is 308 g/mol. The second-order valence-corrected chi connectivity index (χ2v) is 6.68. The molecule has 3 heteroatoms. The third-order valence-corrected chi connectivity index (χ3v) is 5.26. The lowest BCUT2D eigenvalue weighted by Gasteiger charge is -2.18. The van der Waals surface area contributed by atoms with Crippen LogP contribution in [-0.4, -0.2) is 11.0 Å². The van der Waals surface area contributed by atoms with Gasteiger partial charge in [-0.25, -0.2) is 0 Å². The minimum atomic E-state index is 0.234. The van der Waals surface area contributed by atoms with E-state index in [1.165, 1.54) is 10.5 Å². The van der Waals surface area contributed by atoms with E-state index in [0.717, 1.165) is 10.0 Å². The van der Waals surface area contributed by atoms with Gasteiger partial charge in [0.15, 0.2) is 5.78 Å². The number of ketones is 1. The van der Waals surface area contributed by atoms with Crippen molar-refractivity contribution in [2.75, 3.05) is 0 Å². The normalized spacial score (nSPS) is 24.4. The van der Waals surface area contributed by atoms with Gasteiger partial charge in [-0.2, -0.15) is 0 Å². The van der Waals surface area contributed by atoms with Gasteiger partial charge in [-0.05, 0) is 23.8 Å². The Morgan fingerprint density at radius 2 is 2.28 bits per heavy atom. The van der Waals surface area contributed by atoms with Gasteiger partial charge in [0.1, 0.15) is 0 Å². The Bertz CT molecular complexity index is 574. The minimum absolute atomic E-state index is 0.234. The van der Waals surface area contributed by atoms with E-state index in [4.69, 9.17) is 0 Å². The van der Waals surface area contributed by atoms with E-state index in [2.05, 4.69) is 46.3 Å². The van der Waals surface area contributed by atoms with Crippen molar-refractivity contribution in [3.63, 3.8) is 0 Å². The molecule has 2 atom stereocenters. The predicted octanol–water partition coefficient (Wildman–Crippen LogP) is 4.48. The van der Waals surface area contributed by atoms with Crippen LogP contribution in [0.25, 0.3) is 0 Å². The summed E-state index contributed by atoms with van der Waals surface area (Å²) in [6, 6.07) is 6.41. The molecule has 0 amide bonds. The predicted molar refractivity (Wildman–Crippen MR) is 79.0 cm³/mol. The van der Waals surface area contributed by atoms with Crippen LogP contribution in [0.15, 0.2) is 51.4 Å². The standard InChI is InChI=1S/C15H13BrOS/c1-2-13(17)9-3-5-14-11(7-9)12-8-10(16)4-6-15(12)18-14/h3-8,11,14H,2H2,1H3/t11-,14-/m0/s1. The number of thioether (sulfide) groups is 1. The first-order valence-corrected chi connectivity index (χ1v) is 7.75. The maximum absolute atomic E-state index is 11.8. The molecule has 1 nitrogen and oxygen atoms in total. The molecule has 0 bridgehead atoms. The van der Waals surface area contributed by atoms with Crippen LogP contribution in [0.3, 0.4) is 0 Å². The average molecular weight is 321 g/mol. The van der Waals surface area contributed by atoms with Crippen molar-refractivity contribution in [2.24, 2.45) is 0 Å². The summed E-state index contributed by atoms with van der Waals surface area (Å²) in [5, 5.41) is 0.447. The number of allylic oxidation sites excluding steroid dienone is 3. The van der Waals surface area contributed by atoms with Crippen LogP contribution in [0.1, 0.15) is 24.8 Å². The third-order valence-electron chi connectivity index (χ3n) is 3.42. The number of hydrogen-bond acceptors (Lipinski definition) is 2. The van der Waals surface area contributed by atoms with Crippen LogP contribution in [0.2, 0.25) is 0 Å². The van der Waals surface area contributed by atoms with E-state index < -0.39 is 0 Å². The van der Waals surface area contributed by atoms with Gasteiger partial charge in [-0.15, -0.1) is 11.8 Å². The van der Waals surface area contributed by atoms with Crippen molar-refractivity contribution in [3.8, 4) is 0 Å². The highest BCUT2D eigenvalue weighted by Gasteiger charge is 2.32. The van der Waals surface area contributed by atoms with Crippen molar-refractivity contribution in [1.29, 1.82) is 0 Å². The molecule has 0 spiro atoms. The average Bonchev–Trinajstić information content (AvgIpc) is 2.75. The largest absolute Gasteiger partial charge is 0.294 e. The summed E-state index contributed by atoms with van der Waals surface area (Å²) < 4.78 is 1.11. The van der Waals surface area contributed by atoms with Crippen molar-refractivity contribution in [1.82, 2.24) is 0 Å². The van der Waals surface area contributed by atoms with Gasteiger partial charge in [0.2, 0.25) is 0 Å². The topological polar surface area (TPSA) is 17.1 Å². The summed E-state index contributed by atoms with van der Waals surface area (Å²) in [6.07, 6.45) is 6.88. The number of hydrogen-bond donors (Lipinski definition) is 0. The number of carbonyl (C=O) groups is 1. The molecule has 1 aliphatic carbocycles. The summed E-state index contributed by atoms with van der Waals surface area (Å²) in [5.74, 6) is 0.580. The van der Waals surface area contributed by atoms with Crippen molar-refractivity contribution in [2.45, 2.75) is 29.4 Å². The first kappa shape index (κ1) is 12.2. The summed E-state index contributed by atoms with van der Waals surface area (Å²) in [4.78, 5) is 13.1. The number of rotatable bonds is 2. The molecule has 0 radical (unpaired) electrons. The fourth-order valence-corrected chi connectivity index (χ4v) is 4.14. The lowest BCUT2D eigenvalue weighted by Crippen LogP contribution is -2.12. The van der Waals surface area contributed by atoms with Crippen LogP contribution in [0.4, 0.5) is 0 Å².